The summed E-state index contributed by atoms with van der Waals surface area (Å²) in [5.74, 6) is 0. The standard InChI is InChI=1S/C7H16NO4P/c8-7-5-3-1-2-4-6-11-13(9,10)12-7/h7H,1-6,8H2,(H,9,10). The second-order valence-electron chi connectivity index (χ2n) is 3.15. The van der Waals surface area contributed by atoms with Crippen LogP contribution in [-0.4, -0.2) is 17.7 Å². The number of phosphoric acid groups is 1. The summed E-state index contributed by atoms with van der Waals surface area (Å²) in [5, 5.41) is 0. The molecule has 1 saturated heterocycles. The molecule has 6 heteroatoms. The summed E-state index contributed by atoms with van der Waals surface area (Å²) in [4.78, 5) is 9.10. The molecule has 1 heterocycles. The van der Waals surface area contributed by atoms with Crippen LogP contribution in [0, 0.1) is 0 Å². The van der Waals surface area contributed by atoms with Crippen molar-refractivity contribution in [2.45, 2.75) is 38.3 Å². The highest BCUT2D eigenvalue weighted by Gasteiger charge is 2.24. The third-order valence-corrected chi connectivity index (χ3v) is 2.95. The van der Waals surface area contributed by atoms with Gasteiger partial charge in [0, 0.05) is 0 Å². The van der Waals surface area contributed by atoms with Crippen molar-refractivity contribution in [2.75, 3.05) is 6.61 Å². The maximum atomic E-state index is 11.1. The molecule has 0 spiro atoms. The van der Waals surface area contributed by atoms with Gasteiger partial charge in [-0.1, -0.05) is 12.8 Å². The molecule has 0 saturated carbocycles. The van der Waals surface area contributed by atoms with Gasteiger partial charge in [0.05, 0.1) is 6.61 Å². The number of rotatable bonds is 0. The smallest absolute Gasteiger partial charge is 0.306 e. The van der Waals surface area contributed by atoms with E-state index in [0.29, 0.717) is 6.42 Å². The van der Waals surface area contributed by atoms with Gasteiger partial charge in [0.2, 0.25) is 0 Å². The number of nitrogens with two attached hydrogens (primary N) is 1. The van der Waals surface area contributed by atoms with Crippen LogP contribution in [0.5, 0.6) is 0 Å². The fourth-order valence-corrected chi connectivity index (χ4v) is 2.10. The quantitative estimate of drug-likeness (QED) is 0.589. The Kier molecular flexibility index (Phi) is 4.35. The van der Waals surface area contributed by atoms with Gasteiger partial charge in [-0.15, -0.1) is 0 Å². The highest BCUT2D eigenvalue weighted by Crippen LogP contribution is 2.44. The van der Waals surface area contributed by atoms with E-state index in [0.717, 1.165) is 25.7 Å². The Morgan fingerprint density at radius 3 is 2.77 bits per heavy atom. The number of hydrogen-bond donors (Lipinski definition) is 2. The summed E-state index contributed by atoms with van der Waals surface area (Å²) in [6.07, 6.45) is 3.72. The molecular formula is C7H16NO4P. The van der Waals surface area contributed by atoms with Gasteiger partial charge < -0.3 is 10.6 Å². The van der Waals surface area contributed by atoms with Gasteiger partial charge in [0.1, 0.15) is 6.23 Å². The summed E-state index contributed by atoms with van der Waals surface area (Å²) in [5.41, 5.74) is 5.47. The van der Waals surface area contributed by atoms with Crippen molar-refractivity contribution >= 4 is 7.82 Å². The highest BCUT2D eigenvalue weighted by atomic mass is 31.2. The lowest BCUT2D eigenvalue weighted by Crippen LogP contribution is -2.23. The molecule has 0 aromatic carbocycles. The van der Waals surface area contributed by atoms with Crippen LogP contribution in [0.3, 0.4) is 0 Å². The Balaban J connectivity index is 2.45. The van der Waals surface area contributed by atoms with Crippen molar-refractivity contribution in [3.63, 3.8) is 0 Å². The van der Waals surface area contributed by atoms with Crippen molar-refractivity contribution in [1.82, 2.24) is 0 Å². The molecule has 0 aromatic heterocycles. The van der Waals surface area contributed by atoms with E-state index >= 15 is 0 Å². The summed E-state index contributed by atoms with van der Waals surface area (Å²) >= 11 is 0. The van der Waals surface area contributed by atoms with E-state index in [-0.39, 0.29) is 6.61 Å². The minimum atomic E-state index is -3.89. The molecule has 0 aromatic rings. The minimum Gasteiger partial charge on any atom is -0.306 e. The van der Waals surface area contributed by atoms with Crippen molar-refractivity contribution in [1.29, 1.82) is 0 Å². The normalized spacial score (nSPS) is 38.5. The SMILES string of the molecule is NC1CCCCCCOP(=O)(O)O1. The van der Waals surface area contributed by atoms with Gasteiger partial charge in [-0.25, -0.2) is 4.57 Å². The van der Waals surface area contributed by atoms with Crippen LogP contribution in [0.1, 0.15) is 32.1 Å². The summed E-state index contributed by atoms with van der Waals surface area (Å²) < 4.78 is 20.5. The van der Waals surface area contributed by atoms with Gasteiger partial charge in [0.15, 0.2) is 0 Å². The summed E-state index contributed by atoms with van der Waals surface area (Å²) in [6.45, 7) is 0.264. The maximum absolute atomic E-state index is 11.1. The molecule has 0 amide bonds. The molecule has 1 aliphatic heterocycles. The molecule has 5 nitrogen and oxygen atoms in total. The second-order valence-corrected chi connectivity index (χ2v) is 4.55. The predicted octanol–water partition coefficient (Wildman–Crippen LogP) is 1.37. The zero-order valence-corrected chi connectivity index (χ0v) is 8.41. The fourth-order valence-electron chi connectivity index (χ4n) is 1.24. The largest absolute Gasteiger partial charge is 0.473 e. The van der Waals surface area contributed by atoms with Crippen molar-refractivity contribution in [3.05, 3.63) is 0 Å². The fraction of sp³-hybridized carbons (Fsp3) is 1.00. The molecule has 1 aliphatic rings. The third-order valence-electron chi connectivity index (χ3n) is 1.91. The maximum Gasteiger partial charge on any atom is 0.473 e. The van der Waals surface area contributed by atoms with Crippen molar-refractivity contribution in [3.8, 4) is 0 Å². The van der Waals surface area contributed by atoms with E-state index in [1.807, 2.05) is 0 Å². The van der Waals surface area contributed by atoms with Gasteiger partial charge in [-0.05, 0) is 19.3 Å². The number of hydrogen-bond acceptors (Lipinski definition) is 4. The van der Waals surface area contributed by atoms with Crippen LogP contribution in [0.25, 0.3) is 0 Å². The molecule has 78 valence electrons. The first-order valence-corrected chi connectivity index (χ1v) is 6.01. The van der Waals surface area contributed by atoms with Gasteiger partial charge in [-0.3, -0.25) is 9.05 Å². The first-order chi connectivity index (χ1) is 6.10. The molecule has 1 rings (SSSR count). The van der Waals surface area contributed by atoms with Gasteiger partial charge in [-0.2, -0.15) is 0 Å². The number of phosphoric ester groups is 1. The molecule has 0 bridgehead atoms. The molecule has 3 N–H and O–H groups in total. The van der Waals surface area contributed by atoms with Crippen LogP contribution >= 0.6 is 7.82 Å². The average Bonchev–Trinajstić information content (AvgIpc) is 2.01. The van der Waals surface area contributed by atoms with E-state index < -0.39 is 14.1 Å². The predicted molar refractivity (Wildman–Crippen MR) is 47.9 cm³/mol. The zero-order chi connectivity index (χ0) is 9.73. The molecule has 1 fully saturated rings. The van der Waals surface area contributed by atoms with Gasteiger partial charge >= 0.3 is 7.82 Å². The monoisotopic (exact) mass is 209 g/mol. The van der Waals surface area contributed by atoms with Crippen LogP contribution in [-0.2, 0) is 13.6 Å². The van der Waals surface area contributed by atoms with Crippen molar-refractivity contribution in [2.24, 2.45) is 5.73 Å². The lowest BCUT2D eigenvalue weighted by atomic mass is 10.1. The Bertz CT molecular complexity index is 199. The topological polar surface area (TPSA) is 81.8 Å². The molecule has 0 aliphatic carbocycles. The third kappa shape index (κ3) is 4.74. The minimum absolute atomic E-state index is 0.264. The first-order valence-electron chi connectivity index (χ1n) is 4.51. The first kappa shape index (κ1) is 11.1. The van der Waals surface area contributed by atoms with E-state index in [2.05, 4.69) is 9.05 Å². The molecule has 2 atom stereocenters. The van der Waals surface area contributed by atoms with Crippen molar-refractivity contribution < 1.29 is 18.5 Å². The van der Waals surface area contributed by atoms with E-state index in [1.54, 1.807) is 0 Å². The van der Waals surface area contributed by atoms with Crippen LogP contribution in [0.4, 0.5) is 0 Å². The highest BCUT2D eigenvalue weighted by molar-refractivity contribution is 7.47. The molecule has 13 heavy (non-hydrogen) atoms. The molecule has 0 radical (unpaired) electrons. The van der Waals surface area contributed by atoms with E-state index in [4.69, 9.17) is 10.6 Å². The Labute approximate surface area is 77.8 Å². The lowest BCUT2D eigenvalue weighted by molar-refractivity contribution is 0.0953. The zero-order valence-electron chi connectivity index (χ0n) is 7.52. The van der Waals surface area contributed by atoms with E-state index in [9.17, 15) is 4.57 Å². The summed E-state index contributed by atoms with van der Waals surface area (Å²) in [6, 6.07) is 0. The van der Waals surface area contributed by atoms with Crippen LogP contribution in [0.2, 0.25) is 0 Å². The Morgan fingerprint density at radius 1 is 1.31 bits per heavy atom. The lowest BCUT2D eigenvalue weighted by Gasteiger charge is -2.18. The van der Waals surface area contributed by atoms with Crippen LogP contribution in [0.15, 0.2) is 0 Å². The van der Waals surface area contributed by atoms with E-state index in [1.165, 1.54) is 0 Å². The van der Waals surface area contributed by atoms with Crippen LogP contribution < -0.4 is 5.73 Å². The molecule has 2 unspecified atom stereocenters. The van der Waals surface area contributed by atoms with Gasteiger partial charge in [0.25, 0.3) is 0 Å². The second kappa shape index (κ2) is 5.08. The average molecular weight is 209 g/mol. The Morgan fingerprint density at radius 2 is 2.00 bits per heavy atom. The summed E-state index contributed by atoms with van der Waals surface area (Å²) in [7, 11) is -3.89. The molecular weight excluding hydrogens is 193 g/mol. The Hall–Kier alpha value is 0.0700.